The van der Waals surface area contributed by atoms with Gasteiger partial charge in [0.25, 0.3) is 0 Å². The van der Waals surface area contributed by atoms with Crippen LogP contribution in [-0.2, 0) is 9.53 Å². The summed E-state index contributed by atoms with van der Waals surface area (Å²) >= 11 is 0. The molecular formula is C17H22F3N5O5. The lowest BCUT2D eigenvalue weighted by atomic mass is 10.2. The summed E-state index contributed by atoms with van der Waals surface area (Å²) in [7, 11) is 3.38. The molecule has 0 saturated carbocycles. The number of aliphatic hydroxyl groups excluding tert-OH is 2. The molecule has 0 spiro atoms. The first-order valence-electron chi connectivity index (χ1n) is 8.82. The lowest BCUT2D eigenvalue weighted by Gasteiger charge is -2.15. The van der Waals surface area contributed by atoms with Gasteiger partial charge in [-0.25, -0.2) is 9.79 Å². The zero-order valence-corrected chi connectivity index (χ0v) is 16.2. The van der Waals surface area contributed by atoms with Gasteiger partial charge in [-0.05, 0) is 0 Å². The van der Waals surface area contributed by atoms with Crippen LogP contribution < -0.4 is 11.0 Å². The molecule has 3 N–H and O–H groups in total. The molecule has 1 amide bonds. The summed E-state index contributed by atoms with van der Waals surface area (Å²) in [6.07, 6.45) is -2.38. The summed E-state index contributed by atoms with van der Waals surface area (Å²) in [6, 6.07) is 0. The number of carbonyl (C=O) groups excluding carboxylic acids is 1. The van der Waals surface area contributed by atoms with Crippen LogP contribution in [0.25, 0.3) is 6.08 Å². The van der Waals surface area contributed by atoms with E-state index in [0.29, 0.717) is 0 Å². The highest BCUT2D eigenvalue weighted by Gasteiger charge is 2.38. The summed E-state index contributed by atoms with van der Waals surface area (Å²) in [5, 5.41) is 20.8. The third kappa shape index (κ3) is 6.11. The highest BCUT2D eigenvalue weighted by Crippen LogP contribution is 2.28. The van der Waals surface area contributed by atoms with Crippen LogP contribution in [0.4, 0.5) is 19.0 Å². The number of aliphatic hydroxyl groups is 2. The van der Waals surface area contributed by atoms with Crippen molar-refractivity contribution >= 4 is 24.1 Å². The molecule has 13 heteroatoms. The molecule has 1 aliphatic heterocycles. The third-order valence-corrected chi connectivity index (χ3v) is 4.00. The minimum absolute atomic E-state index is 0.000557. The van der Waals surface area contributed by atoms with Gasteiger partial charge in [0.05, 0.1) is 19.0 Å². The molecule has 1 fully saturated rings. The summed E-state index contributed by atoms with van der Waals surface area (Å²) in [4.78, 5) is 32.8. The van der Waals surface area contributed by atoms with E-state index < -0.39 is 49.4 Å². The number of alkyl halides is 3. The van der Waals surface area contributed by atoms with Gasteiger partial charge >= 0.3 is 17.8 Å². The number of nitrogens with one attached hydrogen (secondary N) is 1. The Labute approximate surface area is 169 Å². The van der Waals surface area contributed by atoms with E-state index in [0.717, 1.165) is 4.57 Å². The van der Waals surface area contributed by atoms with Crippen molar-refractivity contribution in [2.24, 2.45) is 4.99 Å². The van der Waals surface area contributed by atoms with Crippen LogP contribution in [0, 0.1) is 0 Å². The molecule has 0 radical (unpaired) electrons. The molecule has 0 aliphatic carbocycles. The smallest absolute Gasteiger partial charge is 0.394 e. The van der Waals surface area contributed by atoms with Gasteiger partial charge in [0.15, 0.2) is 5.82 Å². The van der Waals surface area contributed by atoms with Crippen molar-refractivity contribution in [3.8, 4) is 0 Å². The topological polar surface area (TPSA) is 129 Å². The SMILES string of the molecule is CN(C)/C=N\c1nc(=O)n(C2CC(O)C(CO)O2)cc1/C=C/CNC(=O)C(F)(F)F. The van der Waals surface area contributed by atoms with Gasteiger partial charge in [-0.1, -0.05) is 12.2 Å². The number of hydrogen-bond acceptors (Lipinski definition) is 7. The Hall–Kier alpha value is -2.77. The number of nitrogens with zero attached hydrogens (tertiary/aromatic N) is 4. The molecule has 166 valence electrons. The highest BCUT2D eigenvalue weighted by molar-refractivity contribution is 5.81. The van der Waals surface area contributed by atoms with Crippen LogP contribution in [0.3, 0.4) is 0 Å². The van der Waals surface area contributed by atoms with Crippen LogP contribution >= 0.6 is 0 Å². The fourth-order valence-electron chi connectivity index (χ4n) is 2.56. The molecule has 1 aromatic rings. The Kier molecular flexibility index (Phi) is 7.70. The minimum atomic E-state index is -4.99. The number of carbonyl (C=O) groups is 1. The Morgan fingerprint density at radius 1 is 1.50 bits per heavy atom. The lowest BCUT2D eigenvalue weighted by molar-refractivity contribution is -0.173. The molecule has 30 heavy (non-hydrogen) atoms. The van der Waals surface area contributed by atoms with Crippen LogP contribution in [-0.4, -0.2) is 82.5 Å². The first kappa shape index (κ1) is 23.5. The summed E-state index contributed by atoms with van der Waals surface area (Å²) < 4.78 is 43.3. The van der Waals surface area contributed by atoms with E-state index in [9.17, 15) is 33.0 Å². The second-order valence-electron chi connectivity index (χ2n) is 6.64. The van der Waals surface area contributed by atoms with Gasteiger partial charge in [0, 0.05) is 38.8 Å². The van der Waals surface area contributed by atoms with Crippen molar-refractivity contribution in [2.75, 3.05) is 27.2 Å². The summed E-state index contributed by atoms with van der Waals surface area (Å²) in [5.41, 5.74) is -0.460. The number of aromatic nitrogens is 2. The van der Waals surface area contributed by atoms with Gasteiger partial charge in [0.1, 0.15) is 12.3 Å². The van der Waals surface area contributed by atoms with Crippen molar-refractivity contribution < 1.29 is 32.9 Å². The molecule has 1 aromatic heterocycles. The van der Waals surface area contributed by atoms with Gasteiger partial charge in [-0.2, -0.15) is 18.2 Å². The molecule has 3 atom stereocenters. The molecular weight excluding hydrogens is 411 g/mol. The van der Waals surface area contributed by atoms with Crippen molar-refractivity contribution in [1.82, 2.24) is 19.8 Å². The fourth-order valence-corrected chi connectivity index (χ4v) is 2.56. The van der Waals surface area contributed by atoms with Gasteiger partial charge < -0.3 is 25.2 Å². The molecule has 1 aliphatic rings. The van der Waals surface area contributed by atoms with E-state index in [4.69, 9.17) is 4.74 Å². The van der Waals surface area contributed by atoms with Gasteiger partial charge in [-0.3, -0.25) is 9.36 Å². The van der Waals surface area contributed by atoms with E-state index in [1.165, 1.54) is 24.7 Å². The Balaban J connectivity index is 2.29. The molecule has 1 saturated heterocycles. The normalized spacial score (nSPS) is 22.2. The number of hydrogen-bond donors (Lipinski definition) is 3. The average Bonchev–Trinajstić information content (AvgIpc) is 3.03. The van der Waals surface area contributed by atoms with E-state index in [1.54, 1.807) is 24.3 Å². The second kappa shape index (κ2) is 9.82. The third-order valence-electron chi connectivity index (χ3n) is 4.00. The Morgan fingerprint density at radius 2 is 2.20 bits per heavy atom. The lowest BCUT2D eigenvalue weighted by Crippen LogP contribution is -2.36. The van der Waals surface area contributed by atoms with Crippen LogP contribution in [0.1, 0.15) is 18.2 Å². The second-order valence-corrected chi connectivity index (χ2v) is 6.64. The number of aliphatic imine (C=N–C) groups is 1. The van der Waals surface area contributed by atoms with Gasteiger partial charge in [0.2, 0.25) is 0 Å². The number of ether oxygens (including phenoxy) is 1. The average molecular weight is 433 g/mol. The molecule has 3 unspecified atom stereocenters. The highest BCUT2D eigenvalue weighted by atomic mass is 19.4. The Bertz CT molecular complexity index is 868. The van der Waals surface area contributed by atoms with Crippen molar-refractivity contribution in [3.63, 3.8) is 0 Å². The zero-order valence-electron chi connectivity index (χ0n) is 16.2. The van der Waals surface area contributed by atoms with Crippen LogP contribution in [0.5, 0.6) is 0 Å². The minimum Gasteiger partial charge on any atom is -0.394 e. The predicted molar refractivity (Wildman–Crippen MR) is 100 cm³/mol. The maximum absolute atomic E-state index is 12.4. The molecule has 0 bridgehead atoms. The Morgan fingerprint density at radius 3 is 2.77 bits per heavy atom. The van der Waals surface area contributed by atoms with E-state index in [2.05, 4.69) is 9.98 Å². The predicted octanol–water partition coefficient (Wildman–Crippen LogP) is -0.203. The molecule has 2 heterocycles. The fraction of sp³-hybridized carbons (Fsp3) is 0.529. The monoisotopic (exact) mass is 433 g/mol. The first-order chi connectivity index (χ1) is 14.0. The van der Waals surface area contributed by atoms with Crippen LogP contribution in [0.15, 0.2) is 22.1 Å². The molecule has 10 nitrogen and oxygen atoms in total. The number of rotatable bonds is 7. The largest absolute Gasteiger partial charge is 0.471 e. The summed E-state index contributed by atoms with van der Waals surface area (Å²) in [6.45, 7) is -0.851. The summed E-state index contributed by atoms with van der Waals surface area (Å²) in [5.74, 6) is -2.08. The molecule has 2 rings (SSSR count). The zero-order chi connectivity index (χ0) is 22.5. The number of amides is 1. The van der Waals surface area contributed by atoms with Crippen molar-refractivity contribution in [2.45, 2.75) is 31.0 Å². The standard InChI is InChI=1S/C17H22F3N5O5/c1-24(2)9-22-14-10(4-3-5-21-15(28)17(18,19)20)7-25(16(29)23-14)13-6-11(27)12(8-26)30-13/h3-4,7,9,11-13,26-27H,5-6,8H2,1-2H3,(H,21,28)/b4-3+,22-9-. The molecule has 0 aromatic carbocycles. The van der Waals surface area contributed by atoms with Crippen LogP contribution in [0.2, 0.25) is 0 Å². The van der Waals surface area contributed by atoms with E-state index in [1.807, 2.05) is 0 Å². The maximum Gasteiger partial charge on any atom is 0.471 e. The van der Waals surface area contributed by atoms with E-state index >= 15 is 0 Å². The van der Waals surface area contributed by atoms with Crippen molar-refractivity contribution in [1.29, 1.82) is 0 Å². The maximum atomic E-state index is 12.4. The quantitative estimate of drug-likeness (QED) is 0.401. The first-order valence-corrected chi connectivity index (χ1v) is 8.82. The number of halogens is 3. The van der Waals surface area contributed by atoms with Crippen molar-refractivity contribution in [3.05, 3.63) is 28.3 Å². The van der Waals surface area contributed by atoms with Gasteiger partial charge in [-0.15, -0.1) is 0 Å². The van der Waals surface area contributed by atoms with E-state index in [-0.39, 0.29) is 17.8 Å².